The summed E-state index contributed by atoms with van der Waals surface area (Å²) in [6.07, 6.45) is -4.45. The van der Waals surface area contributed by atoms with E-state index in [4.69, 9.17) is 16.7 Å². The smallest absolute Gasteiger partial charge is 0.394 e. The third kappa shape index (κ3) is 5.76. The summed E-state index contributed by atoms with van der Waals surface area (Å²) in [5.74, 6) is -0.343. The van der Waals surface area contributed by atoms with Crippen LogP contribution in [0.25, 0.3) is 0 Å². The number of alkyl halides is 3. The zero-order chi connectivity index (χ0) is 16.3. The zero-order valence-electron chi connectivity index (χ0n) is 11.4. The highest BCUT2D eigenvalue weighted by Crippen LogP contribution is 2.35. The van der Waals surface area contributed by atoms with Crippen molar-refractivity contribution < 1.29 is 23.1 Å². The maximum atomic E-state index is 12.5. The van der Waals surface area contributed by atoms with Crippen molar-refractivity contribution in [1.82, 2.24) is 5.32 Å². The van der Waals surface area contributed by atoms with Gasteiger partial charge in [-0.05, 0) is 32.0 Å². The molecule has 1 rings (SSSR count). The minimum absolute atomic E-state index is 0.00544. The first-order chi connectivity index (χ1) is 9.55. The molecule has 0 saturated heterocycles. The molecule has 0 aliphatic heterocycles. The predicted molar refractivity (Wildman–Crippen MR) is 76.5 cm³/mol. The van der Waals surface area contributed by atoms with Crippen LogP contribution in [0.2, 0.25) is 5.02 Å². The quantitative estimate of drug-likeness (QED) is 0.808. The van der Waals surface area contributed by atoms with Crippen molar-refractivity contribution in [2.45, 2.75) is 30.5 Å². The molecule has 0 bridgehead atoms. The third-order valence-electron chi connectivity index (χ3n) is 2.49. The average molecular weight is 342 g/mol. The number of nitrogens with one attached hydrogen (secondary N) is 1. The number of hydrogen-bond donors (Lipinski definition) is 2. The highest BCUT2D eigenvalue weighted by molar-refractivity contribution is 8.00. The predicted octanol–water partition coefficient (Wildman–Crippen LogP) is 3.34. The summed E-state index contributed by atoms with van der Waals surface area (Å²) in [7, 11) is 0. The molecule has 1 amide bonds. The largest absolute Gasteiger partial charge is 0.416 e. The summed E-state index contributed by atoms with van der Waals surface area (Å²) < 4.78 is 37.5. The van der Waals surface area contributed by atoms with E-state index in [9.17, 15) is 18.0 Å². The first kappa shape index (κ1) is 18.1. The highest BCUT2D eigenvalue weighted by Gasteiger charge is 2.31. The summed E-state index contributed by atoms with van der Waals surface area (Å²) in [5, 5.41) is 11.6. The molecule has 0 atom stereocenters. The fourth-order valence-corrected chi connectivity index (χ4v) is 2.45. The number of amides is 1. The lowest BCUT2D eigenvalue weighted by molar-refractivity contribution is -0.137. The van der Waals surface area contributed by atoms with Crippen LogP contribution in [0.5, 0.6) is 0 Å². The maximum Gasteiger partial charge on any atom is 0.416 e. The molecule has 21 heavy (non-hydrogen) atoms. The Morgan fingerprint density at radius 1 is 1.38 bits per heavy atom. The van der Waals surface area contributed by atoms with E-state index >= 15 is 0 Å². The topological polar surface area (TPSA) is 49.3 Å². The second kappa shape index (κ2) is 6.89. The molecule has 3 nitrogen and oxygen atoms in total. The molecule has 0 spiro atoms. The van der Waals surface area contributed by atoms with Gasteiger partial charge in [0.2, 0.25) is 5.91 Å². The van der Waals surface area contributed by atoms with Crippen LogP contribution in [0.3, 0.4) is 0 Å². The van der Waals surface area contributed by atoms with Gasteiger partial charge in [0.05, 0.1) is 28.5 Å². The van der Waals surface area contributed by atoms with Crippen LogP contribution in [-0.2, 0) is 11.0 Å². The van der Waals surface area contributed by atoms with Gasteiger partial charge in [0.1, 0.15) is 0 Å². The molecule has 1 aromatic carbocycles. The monoisotopic (exact) mass is 341 g/mol. The zero-order valence-corrected chi connectivity index (χ0v) is 13.0. The Kier molecular flexibility index (Phi) is 5.95. The van der Waals surface area contributed by atoms with E-state index in [1.54, 1.807) is 13.8 Å². The molecular formula is C13H15ClF3NO2S. The third-order valence-corrected chi connectivity index (χ3v) is 3.99. The van der Waals surface area contributed by atoms with E-state index in [0.29, 0.717) is 4.90 Å². The molecule has 0 heterocycles. The number of aliphatic hydroxyl groups is 1. The summed E-state index contributed by atoms with van der Waals surface area (Å²) in [6.45, 7) is 3.09. The number of aliphatic hydroxyl groups excluding tert-OH is 1. The molecule has 118 valence electrons. The van der Waals surface area contributed by atoms with E-state index in [-0.39, 0.29) is 23.3 Å². The number of benzene rings is 1. The SMILES string of the molecule is CC(C)(CO)NC(=O)CSc1ccc(C(F)(F)F)cc1Cl. The van der Waals surface area contributed by atoms with Crippen molar-refractivity contribution in [2.24, 2.45) is 0 Å². The second-order valence-electron chi connectivity index (χ2n) is 5.02. The Morgan fingerprint density at radius 2 is 2.00 bits per heavy atom. The number of carbonyl (C=O) groups is 1. The van der Waals surface area contributed by atoms with Crippen LogP contribution >= 0.6 is 23.4 Å². The van der Waals surface area contributed by atoms with Gasteiger partial charge in [0, 0.05) is 4.90 Å². The van der Waals surface area contributed by atoms with E-state index < -0.39 is 17.3 Å². The number of carbonyl (C=O) groups excluding carboxylic acids is 1. The normalized spacial score (nSPS) is 12.3. The summed E-state index contributed by atoms with van der Waals surface area (Å²) in [4.78, 5) is 12.1. The van der Waals surface area contributed by atoms with Crippen LogP contribution in [-0.4, -0.2) is 28.9 Å². The first-order valence-electron chi connectivity index (χ1n) is 5.96. The summed E-state index contributed by atoms with van der Waals surface area (Å²) in [5.41, 5.74) is -1.58. The molecule has 1 aromatic rings. The van der Waals surface area contributed by atoms with Gasteiger partial charge in [-0.2, -0.15) is 13.2 Å². The lowest BCUT2D eigenvalue weighted by atomic mass is 10.1. The molecule has 0 saturated carbocycles. The molecule has 0 aromatic heterocycles. The van der Waals surface area contributed by atoms with Gasteiger partial charge in [-0.3, -0.25) is 4.79 Å². The lowest BCUT2D eigenvalue weighted by Crippen LogP contribution is -2.47. The molecule has 0 unspecified atom stereocenters. The molecule has 0 fully saturated rings. The van der Waals surface area contributed by atoms with Crippen molar-refractivity contribution in [2.75, 3.05) is 12.4 Å². The Hall–Kier alpha value is -0.920. The number of hydrogen-bond acceptors (Lipinski definition) is 3. The Morgan fingerprint density at radius 3 is 2.48 bits per heavy atom. The Labute approximate surface area is 129 Å². The molecule has 0 radical (unpaired) electrons. The minimum Gasteiger partial charge on any atom is -0.394 e. The van der Waals surface area contributed by atoms with Gasteiger partial charge < -0.3 is 10.4 Å². The summed E-state index contributed by atoms with van der Waals surface area (Å²) in [6, 6.07) is 2.99. The fraction of sp³-hybridized carbons (Fsp3) is 0.462. The molecule has 8 heteroatoms. The van der Waals surface area contributed by atoms with Gasteiger partial charge in [0.25, 0.3) is 0 Å². The van der Waals surface area contributed by atoms with E-state index in [0.717, 1.165) is 23.9 Å². The van der Waals surface area contributed by atoms with Crippen molar-refractivity contribution in [3.05, 3.63) is 28.8 Å². The molecule has 0 aliphatic carbocycles. The van der Waals surface area contributed by atoms with Crippen LogP contribution in [0.1, 0.15) is 19.4 Å². The van der Waals surface area contributed by atoms with Gasteiger partial charge >= 0.3 is 6.18 Å². The van der Waals surface area contributed by atoms with Crippen LogP contribution in [0.15, 0.2) is 23.1 Å². The molecule has 2 N–H and O–H groups in total. The maximum absolute atomic E-state index is 12.5. The van der Waals surface area contributed by atoms with Crippen LogP contribution in [0, 0.1) is 0 Å². The fourth-order valence-electron chi connectivity index (χ4n) is 1.39. The highest BCUT2D eigenvalue weighted by atomic mass is 35.5. The molecule has 0 aliphatic rings. The van der Waals surface area contributed by atoms with Crippen LogP contribution < -0.4 is 5.32 Å². The van der Waals surface area contributed by atoms with E-state index in [1.165, 1.54) is 6.07 Å². The van der Waals surface area contributed by atoms with E-state index in [2.05, 4.69) is 5.32 Å². The molecular weight excluding hydrogens is 327 g/mol. The number of thioether (sulfide) groups is 1. The van der Waals surface area contributed by atoms with E-state index in [1.807, 2.05) is 0 Å². The lowest BCUT2D eigenvalue weighted by Gasteiger charge is -2.23. The second-order valence-corrected chi connectivity index (χ2v) is 6.45. The number of halogens is 4. The van der Waals surface area contributed by atoms with Gasteiger partial charge in [-0.25, -0.2) is 0 Å². The van der Waals surface area contributed by atoms with Crippen molar-refractivity contribution in [3.8, 4) is 0 Å². The average Bonchev–Trinajstić information content (AvgIpc) is 2.35. The standard InChI is InChI=1S/C13H15ClF3NO2S/c1-12(2,7-19)18-11(20)6-21-10-4-3-8(5-9(10)14)13(15,16)17/h3-5,19H,6-7H2,1-2H3,(H,18,20). The Bertz CT molecular complexity index is 521. The van der Waals surface area contributed by atoms with Gasteiger partial charge in [-0.1, -0.05) is 11.6 Å². The Balaban J connectivity index is 2.67. The van der Waals surface area contributed by atoms with Gasteiger partial charge in [-0.15, -0.1) is 11.8 Å². The number of rotatable bonds is 5. The minimum atomic E-state index is -4.45. The van der Waals surface area contributed by atoms with Crippen molar-refractivity contribution in [3.63, 3.8) is 0 Å². The van der Waals surface area contributed by atoms with Crippen LogP contribution in [0.4, 0.5) is 13.2 Å². The summed E-state index contributed by atoms with van der Waals surface area (Å²) >= 11 is 6.82. The van der Waals surface area contributed by atoms with Crippen molar-refractivity contribution in [1.29, 1.82) is 0 Å². The van der Waals surface area contributed by atoms with Gasteiger partial charge in [0.15, 0.2) is 0 Å². The van der Waals surface area contributed by atoms with Crippen molar-refractivity contribution >= 4 is 29.3 Å². The first-order valence-corrected chi connectivity index (χ1v) is 7.33.